The van der Waals surface area contributed by atoms with Gasteiger partial charge in [0.1, 0.15) is 11.4 Å². The van der Waals surface area contributed by atoms with Crippen molar-refractivity contribution in [3.63, 3.8) is 0 Å². The molecule has 0 aliphatic heterocycles. The second-order valence-electron chi connectivity index (χ2n) is 7.06. The quantitative estimate of drug-likeness (QED) is 0.400. The number of hydrogen-bond acceptors (Lipinski definition) is 5. The molecule has 0 bridgehead atoms. The van der Waals surface area contributed by atoms with Crippen molar-refractivity contribution in [1.29, 1.82) is 0 Å². The molecule has 0 fully saturated rings. The lowest BCUT2D eigenvalue weighted by Crippen LogP contribution is -2.40. The normalized spacial score (nSPS) is 12.1. The Morgan fingerprint density at radius 3 is 2.31 bits per heavy atom. The van der Waals surface area contributed by atoms with Crippen LogP contribution in [0.25, 0.3) is 17.0 Å². The number of ether oxygens (including phenoxy) is 1. The molecule has 0 spiro atoms. The van der Waals surface area contributed by atoms with E-state index in [1.165, 1.54) is 25.7 Å². The minimum atomic E-state index is 0. The summed E-state index contributed by atoms with van der Waals surface area (Å²) in [5.41, 5.74) is 1.83. The van der Waals surface area contributed by atoms with Gasteiger partial charge in [-0.25, -0.2) is 14.5 Å². The van der Waals surface area contributed by atoms with Crippen molar-refractivity contribution in [2.75, 3.05) is 13.1 Å². The number of aromatic nitrogens is 4. The van der Waals surface area contributed by atoms with Crippen molar-refractivity contribution in [2.45, 2.75) is 59.1 Å². The van der Waals surface area contributed by atoms with Gasteiger partial charge in [0.25, 0.3) is 5.78 Å². The molecule has 1 unspecified atom stereocenters. The number of nitrogens with zero attached hydrogens (tertiary/aromatic N) is 5. The zero-order valence-corrected chi connectivity index (χ0v) is 18.4. The third-order valence-electron chi connectivity index (χ3n) is 4.90. The molecule has 0 amide bonds. The van der Waals surface area contributed by atoms with Crippen LogP contribution in [-0.2, 0) is 0 Å². The number of halogens is 1. The van der Waals surface area contributed by atoms with Gasteiger partial charge >= 0.3 is 0 Å². The van der Waals surface area contributed by atoms with Gasteiger partial charge in [-0.05, 0) is 43.5 Å². The van der Waals surface area contributed by atoms with Crippen molar-refractivity contribution < 1.29 is 4.74 Å². The Bertz CT molecular complexity index is 844. The van der Waals surface area contributed by atoms with E-state index in [-0.39, 0.29) is 18.6 Å². The first-order valence-corrected chi connectivity index (χ1v) is 10.4. The Morgan fingerprint density at radius 1 is 1.00 bits per heavy atom. The van der Waals surface area contributed by atoms with Gasteiger partial charge < -0.3 is 4.74 Å². The molecule has 0 N–H and O–H groups in total. The first-order chi connectivity index (χ1) is 13.7. The Hall–Kier alpha value is -2.18. The Labute approximate surface area is 179 Å². The number of rotatable bonds is 11. The van der Waals surface area contributed by atoms with Gasteiger partial charge in [-0.1, -0.05) is 33.6 Å². The molecule has 0 saturated carbocycles. The van der Waals surface area contributed by atoms with Gasteiger partial charge in [-0.15, -0.1) is 12.4 Å². The minimum absolute atomic E-state index is 0. The summed E-state index contributed by atoms with van der Waals surface area (Å²) in [5, 5.41) is 4.55. The summed E-state index contributed by atoms with van der Waals surface area (Å²) >= 11 is 0. The molecule has 1 atom stereocenters. The molecule has 0 radical (unpaired) electrons. The molecule has 7 heteroatoms. The second kappa shape index (κ2) is 11.7. The van der Waals surface area contributed by atoms with Gasteiger partial charge in [0.05, 0.1) is 12.4 Å². The summed E-state index contributed by atoms with van der Waals surface area (Å²) in [6.07, 6.45) is 11.2. The first kappa shape index (κ1) is 23.1. The van der Waals surface area contributed by atoms with Crippen molar-refractivity contribution in [3.05, 3.63) is 42.9 Å². The molecule has 6 nitrogen and oxygen atoms in total. The van der Waals surface area contributed by atoms with Crippen LogP contribution in [0, 0.1) is 0 Å². The van der Waals surface area contributed by atoms with Crippen LogP contribution in [0.2, 0.25) is 0 Å². The van der Waals surface area contributed by atoms with E-state index in [0.29, 0.717) is 5.78 Å². The Kier molecular flexibility index (Phi) is 9.35. The maximum absolute atomic E-state index is 6.34. The molecular formula is C22H32ClN5O. The SMILES string of the molecule is CCCCN(CCCC)C(CC)Oc1ccc(-c2cnc3nccn3n2)cc1.Cl. The number of unbranched alkanes of at least 4 members (excludes halogenated alkanes) is 2. The van der Waals surface area contributed by atoms with Crippen molar-refractivity contribution in [2.24, 2.45) is 0 Å². The highest BCUT2D eigenvalue weighted by atomic mass is 35.5. The fraction of sp³-hybridized carbons (Fsp3) is 0.500. The van der Waals surface area contributed by atoms with Crippen LogP contribution in [0.5, 0.6) is 5.75 Å². The minimum Gasteiger partial charge on any atom is -0.475 e. The number of benzene rings is 1. The summed E-state index contributed by atoms with van der Waals surface area (Å²) in [6.45, 7) is 8.85. The van der Waals surface area contributed by atoms with Gasteiger partial charge in [-0.3, -0.25) is 4.90 Å². The molecule has 3 aromatic rings. The van der Waals surface area contributed by atoms with E-state index in [4.69, 9.17) is 4.74 Å². The average molecular weight is 418 g/mol. The van der Waals surface area contributed by atoms with E-state index >= 15 is 0 Å². The second-order valence-corrected chi connectivity index (χ2v) is 7.06. The fourth-order valence-electron chi connectivity index (χ4n) is 3.25. The highest BCUT2D eigenvalue weighted by Gasteiger charge is 2.17. The maximum Gasteiger partial charge on any atom is 0.250 e. The van der Waals surface area contributed by atoms with E-state index in [1.54, 1.807) is 23.1 Å². The molecule has 29 heavy (non-hydrogen) atoms. The topological polar surface area (TPSA) is 55.5 Å². The van der Waals surface area contributed by atoms with Crippen molar-refractivity contribution >= 4 is 18.2 Å². The summed E-state index contributed by atoms with van der Waals surface area (Å²) < 4.78 is 8.03. The lowest BCUT2D eigenvalue weighted by molar-refractivity contribution is 0.0202. The average Bonchev–Trinajstić information content (AvgIpc) is 3.21. The largest absolute Gasteiger partial charge is 0.475 e. The number of imidazole rings is 1. The smallest absolute Gasteiger partial charge is 0.250 e. The third kappa shape index (κ3) is 6.15. The van der Waals surface area contributed by atoms with Crippen LogP contribution in [0.1, 0.15) is 52.9 Å². The zero-order chi connectivity index (χ0) is 19.8. The first-order valence-electron chi connectivity index (χ1n) is 10.4. The van der Waals surface area contributed by atoms with Crippen LogP contribution >= 0.6 is 12.4 Å². The molecule has 0 saturated heterocycles. The molecule has 2 heterocycles. The highest BCUT2D eigenvalue weighted by Crippen LogP contribution is 2.22. The van der Waals surface area contributed by atoms with Gasteiger partial charge in [-0.2, -0.15) is 5.10 Å². The van der Waals surface area contributed by atoms with Crippen LogP contribution in [0.4, 0.5) is 0 Å². The zero-order valence-electron chi connectivity index (χ0n) is 17.6. The lowest BCUT2D eigenvalue weighted by atomic mass is 10.1. The van der Waals surface area contributed by atoms with E-state index in [9.17, 15) is 0 Å². The van der Waals surface area contributed by atoms with E-state index in [2.05, 4.69) is 40.7 Å². The highest BCUT2D eigenvalue weighted by molar-refractivity contribution is 5.85. The Balaban J connectivity index is 0.00000300. The fourth-order valence-corrected chi connectivity index (χ4v) is 3.25. The van der Waals surface area contributed by atoms with Crippen LogP contribution in [-0.4, -0.2) is 43.8 Å². The van der Waals surface area contributed by atoms with E-state index in [1.807, 2.05) is 24.3 Å². The van der Waals surface area contributed by atoms with Crippen LogP contribution in [0.3, 0.4) is 0 Å². The standard InChI is InChI=1S/C22H31N5O.ClH/c1-4-7-14-26(15-8-5-2)21(6-3)28-19-11-9-18(10-12-19)20-17-24-22-23-13-16-27(22)25-20;/h9-13,16-17,21H,4-8,14-15H2,1-3H3;1H. The number of hydrogen-bond donors (Lipinski definition) is 0. The molecule has 0 aliphatic carbocycles. The van der Waals surface area contributed by atoms with Crippen molar-refractivity contribution in [1.82, 2.24) is 24.5 Å². The van der Waals surface area contributed by atoms with Crippen molar-refractivity contribution in [3.8, 4) is 17.0 Å². The summed E-state index contributed by atoms with van der Waals surface area (Å²) in [4.78, 5) is 11.0. The number of fused-ring (bicyclic) bond motifs is 1. The van der Waals surface area contributed by atoms with Crippen LogP contribution in [0.15, 0.2) is 42.9 Å². The van der Waals surface area contributed by atoms with E-state index in [0.717, 1.165) is 36.5 Å². The monoisotopic (exact) mass is 417 g/mol. The lowest BCUT2D eigenvalue weighted by Gasteiger charge is -2.31. The summed E-state index contributed by atoms with van der Waals surface area (Å²) in [7, 11) is 0. The Morgan fingerprint density at radius 2 is 1.69 bits per heavy atom. The third-order valence-corrected chi connectivity index (χ3v) is 4.90. The van der Waals surface area contributed by atoms with Gasteiger partial charge in [0.15, 0.2) is 6.23 Å². The predicted octanol–water partition coefficient (Wildman–Crippen LogP) is 5.23. The molecule has 158 valence electrons. The molecule has 2 aromatic heterocycles. The molecule has 0 aliphatic rings. The van der Waals surface area contributed by atoms with Crippen LogP contribution < -0.4 is 4.74 Å². The van der Waals surface area contributed by atoms with Gasteiger partial charge in [0.2, 0.25) is 0 Å². The summed E-state index contributed by atoms with van der Waals surface area (Å²) in [5.74, 6) is 1.50. The van der Waals surface area contributed by atoms with Gasteiger partial charge in [0, 0.05) is 24.8 Å². The molecular weight excluding hydrogens is 386 g/mol. The summed E-state index contributed by atoms with van der Waals surface area (Å²) in [6, 6.07) is 8.12. The predicted molar refractivity (Wildman–Crippen MR) is 120 cm³/mol. The molecule has 1 aromatic carbocycles. The van der Waals surface area contributed by atoms with E-state index < -0.39 is 0 Å². The maximum atomic E-state index is 6.34. The molecule has 3 rings (SSSR count).